The Hall–Kier alpha value is -0.900. The molecule has 1 atom stereocenters. The maximum Gasteiger partial charge on any atom is 0.342 e. The predicted molar refractivity (Wildman–Crippen MR) is 37.9 cm³/mol. The van der Waals surface area contributed by atoms with Crippen molar-refractivity contribution in [1.82, 2.24) is 0 Å². The molecule has 0 saturated heterocycles. The average molecular weight is 160 g/mol. The molecule has 0 aromatic carbocycles. The molecule has 0 heterocycles. The Morgan fingerprint density at radius 2 is 2.36 bits per heavy atom. The number of aldehydes is 1. The van der Waals surface area contributed by atoms with Gasteiger partial charge in [-0.2, -0.15) is 0 Å². The number of aliphatic hydroxyl groups is 1. The van der Waals surface area contributed by atoms with E-state index in [1.807, 2.05) is 6.92 Å². The van der Waals surface area contributed by atoms with Crippen LogP contribution in [0.2, 0.25) is 0 Å². The van der Waals surface area contributed by atoms with Crippen LogP contribution in [0.25, 0.3) is 0 Å². The van der Waals surface area contributed by atoms with E-state index in [0.717, 1.165) is 12.8 Å². The molecule has 0 aliphatic rings. The highest BCUT2D eigenvalue weighted by molar-refractivity contribution is 5.90. The van der Waals surface area contributed by atoms with Crippen molar-refractivity contribution in [1.29, 1.82) is 0 Å². The first-order chi connectivity index (χ1) is 5.22. The normalized spacial score (nSPS) is 12.2. The zero-order chi connectivity index (χ0) is 8.69. The molecule has 0 fully saturated rings. The van der Waals surface area contributed by atoms with E-state index in [-0.39, 0.29) is 12.9 Å². The van der Waals surface area contributed by atoms with Crippen molar-refractivity contribution in [2.24, 2.45) is 0 Å². The molecular formula is C7H12O4. The standard InChI is InChI=1S/C7H12O4/c1-2-3-4-11-7(10)6(9)5-8/h5-6,9H,2-4H2,1H3. The molecule has 0 rings (SSSR count). The van der Waals surface area contributed by atoms with Gasteiger partial charge in [0.05, 0.1) is 6.61 Å². The molecule has 0 aromatic heterocycles. The molecule has 0 spiro atoms. The molecule has 64 valence electrons. The van der Waals surface area contributed by atoms with E-state index in [0.29, 0.717) is 0 Å². The van der Waals surface area contributed by atoms with Gasteiger partial charge in [-0.15, -0.1) is 0 Å². The van der Waals surface area contributed by atoms with Crippen LogP contribution in [0.4, 0.5) is 0 Å². The minimum absolute atomic E-state index is 0.147. The minimum atomic E-state index is -1.62. The lowest BCUT2D eigenvalue weighted by atomic mass is 10.3. The van der Waals surface area contributed by atoms with E-state index in [4.69, 9.17) is 5.11 Å². The predicted octanol–water partition coefficient (Wildman–Crippen LogP) is -0.110. The molecule has 4 nitrogen and oxygen atoms in total. The van der Waals surface area contributed by atoms with Gasteiger partial charge in [0.25, 0.3) is 0 Å². The molecule has 0 saturated carbocycles. The lowest BCUT2D eigenvalue weighted by Gasteiger charge is -2.03. The van der Waals surface area contributed by atoms with E-state index in [9.17, 15) is 9.59 Å². The van der Waals surface area contributed by atoms with Crippen LogP contribution in [0.15, 0.2) is 0 Å². The van der Waals surface area contributed by atoms with Crippen molar-refractivity contribution in [3.63, 3.8) is 0 Å². The maximum atomic E-state index is 10.5. The topological polar surface area (TPSA) is 63.6 Å². The van der Waals surface area contributed by atoms with Gasteiger partial charge < -0.3 is 9.84 Å². The number of aliphatic hydroxyl groups excluding tert-OH is 1. The smallest absolute Gasteiger partial charge is 0.342 e. The number of rotatable bonds is 5. The molecule has 0 bridgehead atoms. The van der Waals surface area contributed by atoms with Crippen LogP contribution in [0, 0.1) is 0 Å². The number of hydrogen-bond donors (Lipinski definition) is 1. The van der Waals surface area contributed by atoms with Gasteiger partial charge in [0.2, 0.25) is 6.10 Å². The van der Waals surface area contributed by atoms with E-state index >= 15 is 0 Å². The Morgan fingerprint density at radius 3 is 2.82 bits per heavy atom. The monoisotopic (exact) mass is 160 g/mol. The van der Waals surface area contributed by atoms with Gasteiger partial charge in [0.1, 0.15) is 0 Å². The number of unbranched alkanes of at least 4 members (excludes halogenated alkanes) is 1. The summed E-state index contributed by atoms with van der Waals surface area (Å²) in [6.07, 6.45) is 0.183. The van der Waals surface area contributed by atoms with Crippen molar-refractivity contribution < 1.29 is 19.4 Å². The first-order valence-corrected chi connectivity index (χ1v) is 3.52. The molecular weight excluding hydrogens is 148 g/mol. The number of esters is 1. The van der Waals surface area contributed by atoms with Crippen molar-refractivity contribution in [3.05, 3.63) is 0 Å². The highest BCUT2D eigenvalue weighted by Gasteiger charge is 2.13. The van der Waals surface area contributed by atoms with Crippen LogP contribution >= 0.6 is 0 Å². The second-order valence-corrected chi connectivity index (χ2v) is 2.10. The number of ether oxygens (including phenoxy) is 1. The van der Waals surface area contributed by atoms with Crippen molar-refractivity contribution in [2.75, 3.05) is 6.61 Å². The summed E-state index contributed by atoms with van der Waals surface area (Å²) in [5, 5.41) is 8.58. The first-order valence-electron chi connectivity index (χ1n) is 3.52. The maximum absolute atomic E-state index is 10.5. The van der Waals surface area contributed by atoms with Crippen molar-refractivity contribution in [2.45, 2.75) is 25.9 Å². The summed E-state index contributed by atoms with van der Waals surface area (Å²) in [6, 6.07) is 0. The van der Waals surface area contributed by atoms with E-state index in [2.05, 4.69) is 4.74 Å². The fourth-order valence-corrected chi connectivity index (χ4v) is 0.458. The molecule has 0 aliphatic heterocycles. The number of carbonyl (C=O) groups excluding carboxylic acids is 2. The Kier molecular flexibility index (Phi) is 5.37. The highest BCUT2D eigenvalue weighted by atomic mass is 16.5. The van der Waals surface area contributed by atoms with E-state index < -0.39 is 12.1 Å². The third-order valence-electron chi connectivity index (χ3n) is 1.11. The minimum Gasteiger partial charge on any atom is -0.463 e. The molecule has 1 unspecified atom stereocenters. The van der Waals surface area contributed by atoms with Gasteiger partial charge >= 0.3 is 5.97 Å². The lowest BCUT2D eigenvalue weighted by molar-refractivity contribution is -0.154. The summed E-state index contributed by atoms with van der Waals surface area (Å²) in [4.78, 5) is 20.4. The second-order valence-electron chi connectivity index (χ2n) is 2.10. The van der Waals surface area contributed by atoms with Gasteiger partial charge in [-0.1, -0.05) is 13.3 Å². The zero-order valence-electron chi connectivity index (χ0n) is 6.45. The number of hydrogen-bond acceptors (Lipinski definition) is 4. The second kappa shape index (κ2) is 5.85. The van der Waals surface area contributed by atoms with Gasteiger partial charge in [-0.25, -0.2) is 4.79 Å². The fourth-order valence-electron chi connectivity index (χ4n) is 0.458. The van der Waals surface area contributed by atoms with Crippen LogP contribution in [-0.4, -0.2) is 30.1 Å². The Balaban J connectivity index is 3.44. The summed E-state index contributed by atoms with van der Waals surface area (Å²) < 4.78 is 4.51. The molecule has 0 aromatic rings. The zero-order valence-corrected chi connectivity index (χ0v) is 6.45. The summed E-state index contributed by atoms with van der Waals surface area (Å²) in [5.41, 5.74) is 0. The van der Waals surface area contributed by atoms with E-state index in [1.54, 1.807) is 0 Å². The van der Waals surface area contributed by atoms with Gasteiger partial charge in [-0.3, -0.25) is 4.79 Å². The fraction of sp³-hybridized carbons (Fsp3) is 0.714. The Morgan fingerprint density at radius 1 is 1.73 bits per heavy atom. The van der Waals surface area contributed by atoms with E-state index in [1.165, 1.54) is 0 Å². The van der Waals surface area contributed by atoms with Crippen LogP contribution in [0.1, 0.15) is 19.8 Å². The number of carbonyl (C=O) groups is 2. The summed E-state index contributed by atoms with van der Waals surface area (Å²) in [7, 11) is 0. The van der Waals surface area contributed by atoms with Gasteiger partial charge in [0, 0.05) is 0 Å². The third-order valence-corrected chi connectivity index (χ3v) is 1.11. The first kappa shape index (κ1) is 10.1. The van der Waals surface area contributed by atoms with Crippen LogP contribution in [-0.2, 0) is 14.3 Å². The summed E-state index contributed by atoms with van der Waals surface area (Å²) >= 11 is 0. The molecule has 0 radical (unpaired) electrons. The molecule has 4 heteroatoms. The highest BCUT2D eigenvalue weighted by Crippen LogP contribution is 1.90. The van der Waals surface area contributed by atoms with Crippen LogP contribution < -0.4 is 0 Å². The molecule has 1 N–H and O–H groups in total. The Labute approximate surface area is 65.2 Å². The van der Waals surface area contributed by atoms with Crippen LogP contribution in [0.3, 0.4) is 0 Å². The van der Waals surface area contributed by atoms with Crippen molar-refractivity contribution >= 4 is 12.3 Å². The molecule has 0 amide bonds. The van der Waals surface area contributed by atoms with Gasteiger partial charge in [-0.05, 0) is 6.42 Å². The quantitative estimate of drug-likeness (QED) is 0.264. The molecule has 0 aliphatic carbocycles. The third kappa shape index (κ3) is 4.50. The van der Waals surface area contributed by atoms with Gasteiger partial charge in [0.15, 0.2) is 6.29 Å². The Bertz CT molecular complexity index is 132. The SMILES string of the molecule is CCCCOC(=O)C(O)C=O. The molecule has 11 heavy (non-hydrogen) atoms. The lowest BCUT2D eigenvalue weighted by Crippen LogP contribution is -2.24. The largest absolute Gasteiger partial charge is 0.463 e. The average Bonchev–Trinajstić information content (AvgIpc) is 2.03. The summed E-state index contributed by atoms with van der Waals surface area (Å²) in [6.45, 7) is 2.21. The summed E-state index contributed by atoms with van der Waals surface area (Å²) in [5.74, 6) is -0.867. The van der Waals surface area contributed by atoms with Crippen molar-refractivity contribution in [3.8, 4) is 0 Å². The van der Waals surface area contributed by atoms with Crippen LogP contribution in [0.5, 0.6) is 0 Å².